The molecule has 304 valence electrons. The Bertz CT molecular complexity index is 2440. The fourth-order valence-electron chi connectivity index (χ4n) is 7.44. The first-order valence-electron chi connectivity index (χ1n) is 18.8. The third kappa shape index (κ3) is 7.80. The number of nitro groups is 1. The molecular weight excluding hydrogens is 765 g/mol. The molecule has 8 bridgehead atoms. The molecule has 14 nitrogen and oxygen atoms in total. The van der Waals surface area contributed by atoms with Gasteiger partial charge in [0.05, 0.1) is 43.9 Å². The monoisotopic (exact) mass is 810 g/mol. The van der Waals surface area contributed by atoms with Gasteiger partial charge in [0.25, 0.3) is 15.7 Å². The number of fused-ring (bicyclic) bond motifs is 2. The lowest BCUT2D eigenvalue weighted by molar-refractivity contribution is -0.384. The van der Waals surface area contributed by atoms with Crippen LogP contribution >= 0.6 is 0 Å². The van der Waals surface area contributed by atoms with E-state index in [1.165, 1.54) is 42.9 Å². The summed E-state index contributed by atoms with van der Waals surface area (Å²) in [5.41, 5.74) is 5.48. The zero-order chi connectivity index (χ0) is 41.1. The number of aryl methyl sites for hydroxylation is 3. The second-order valence-electron chi connectivity index (χ2n) is 14.0. The van der Waals surface area contributed by atoms with Crippen molar-refractivity contribution in [3.05, 3.63) is 122 Å². The normalized spacial score (nSPS) is 14.9. The number of rotatable bonds is 10. The molecule has 1 N–H and O–H groups in total. The van der Waals surface area contributed by atoms with Crippen molar-refractivity contribution >= 4 is 21.4 Å². The number of likely N-dealkylation sites (N-methyl/N-ethyl adjacent to an activating group) is 1. The first kappa shape index (κ1) is 40.2. The SMILES string of the molecule is CNCCc1cc(OC)c2cc1CCc1ccc(cc1)Oc1cc(C)c(cc1OC)N(S(=O)(=O)c1ccc([N+](=O)[O-])cc1)N1CCc3cc(OC)c(OC)c(c3C1)O2. The van der Waals surface area contributed by atoms with E-state index < -0.39 is 14.9 Å². The van der Waals surface area contributed by atoms with Crippen LogP contribution in [0.5, 0.6) is 46.0 Å². The molecule has 4 aliphatic rings. The van der Waals surface area contributed by atoms with Crippen LogP contribution in [0.3, 0.4) is 0 Å². The standard InChI is InChI=1S/C43H46N4O10S/c1-27-21-39-38(53-4)25-36(27)46(58(50,51)34-15-11-32(12-16-34)47(48)49)45-20-18-31-24-41(54-5)43(55-6)42(35(31)26-45)57-40-23-29(30(17-19-44-2)22-37(40)52-3)10-7-28-8-13-33(56-39)14-9-28/h8-9,11-16,21-25,44H,7,10,17-20,26H2,1-6H3. The van der Waals surface area contributed by atoms with E-state index in [0.717, 1.165) is 41.6 Å². The summed E-state index contributed by atoms with van der Waals surface area (Å²) >= 11 is 0. The molecule has 0 saturated carbocycles. The number of hydrazine groups is 1. The van der Waals surface area contributed by atoms with Crippen LogP contribution in [0.15, 0.2) is 83.8 Å². The smallest absolute Gasteiger partial charge is 0.277 e. The van der Waals surface area contributed by atoms with Gasteiger partial charge in [-0.3, -0.25) is 10.1 Å². The molecular formula is C43H46N4O10S. The van der Waals surface area contributed by atoms with E-state index in [0.29, 0.717) is 75.7 Å². The second kappa shape index (κ2) is 16.8. The average molecular weight is 811 g/mol. The van der Waals surface area contributed by atoms with Crippen molar-refractivity contribution in [2.24, 2.45) is 0 Å². The van der Waals surface area contributed by atoms with Crippen LogP contribution in [0.2, 0.25) is 0 Å². The van der Waals surface area contributed by atoms with E-state index in [1.807, 2.05) is 49.5 Å². The predicted octanol–water partition coefficient (Wildman–Crippen LogP) is 7.55. The summed E-state index contributed by atoms with van der Waals surface area (Å²) in [5.74, 6) is 3.40. The number of nitro benzene ring substituents is 1. The van der Waals surface area contributed by atoms with Gasteiger partial charge in [-0.1, -0.05) is 12.1 Å². The summed E-state index contributed by atoms with van der Waals surface area (Å²) in [5, 5.41) is 16.5. The summed E-state index contributed by atoms with van der Waals surface area (Å²) in [6, 6.07) is 21.9. The van der Waals surface area contributed by atoms with Gasteiger partial charge in [-0.2, -0.15) is 12.8 Å². The molecule has 1 atom stereocenters. The van der Waals surface area contributed by atoms with Crippen molar-refractivity contribution < 1.29 is 41.8 Å². The molecule has 5 aromatic carbocycles. The van der Waals surface area contributed by atoms with Gasteiger partial charge in [0, 0.05) is 36.9 Å². The molecule has 0 radical (unpaired) electrons. The van der Waals surface area contributed by atoms with Gasteiger partial charge in [-0.15, -0.1) is 0 Å². The van der Waals surface area contributed by atoms with Crippen molar-refractivity contribution in [1.82, 2.24) is 10.3 Å². The van der Waals surface area contributed by atoms with E-state index in [1.54, 1.807) is 38.3 Å². The molecule has 0 aliphatic carbocycles. The lowest BCUT2D eigenvalue weighted by Gasteiger charge is -2.40. The summed E-state index contributed by atoms with van der Waals surface area (Å²) in [7, 11) is 3.67. The van der Waals surface area contributed by atoms with E-state index in [4.69, 9.17) is 28.4 Å². The Labute approximate surface area is 338 Å². The van der Waals surface area contributed by atoms with Gasteiger partial charge in [0.1, 0.15) is 5.75 Å². The van der Waals surface area contributed by atoms with E-state index in [-0.39, 0.29) is 23.7 Å². The summed E-state index contributed by atoms with van der Waals surface area (Å²) in [6.45, 7) is 2.87. The van der Waals surface area contributed by atoms with Gasteiger partial charge in [0.2, 0.25) is 5.75 Å². The van der Waals surface area contributed by atoms with E-state index in [9.17, 15) is 18.5 Å². The van der Waals surface area contributed by atoms with Gasteiger partial charge in [-0.05, 0) is 123 Å². The van der Waals surface area contributed by atoms with Crippen LogP contribution in [-0.2, 0) is 42.3 Å². The Morgan fingerprint density at radius 2 is 1.48 bits per heavy atom. The first-order chi connectivity index (χ1) is 28.0. The highest BCUT2D eigenvalue weighted by Gasteiger charge is 2.37. The largest absolute Gasteiger partial charge is 0.493 e. The van der Waals surface area contributed by atoms with E-state index >= 15 is 0 Å². The maximum absolute atomic E-state index is 15.0. The maximum atomic E-state index is 15.0. The highest BCUT2D eigenvalue weighted by atomic mass is 32.2. The predicted molar refractivity (Wildman–Crippen MR) is 219 cm³/mol. The van der Waals surface area contributed by atoms with Crippen molar-refractivity contribution in [3.63, 3.8) is 0 Å². The fraction of sp³-hybridized carbons (Fsp3) is 0.302. The Morgan fingerprint density at radius 1 is 0.793 bits per heavy atom. The lowest BCUT2D eigenvalue weighted by Crippen LogP contribution is -2.49. The Kier molecular flexibility index (Phi) is 11.7. The molecule has 15 heteroatoms. The highest BCUT2D eigenvalue weighted by Crippen LogP contribution is 2.49. The molecule has 0 spiro atoms. The molecule has 4 aliphatic heterocycles. The molecule has 0 fully saturated rings. The number of hydrogen-bond donors (Lipinski definition) is 1. The molecule has 5 aromatic rings. The van der Waals surface area contributed by atoms with Crippen LogP contribution in [0.1, 0.15) is 33.4 Å². The minimum absolute atomic E-state index is 0.0541. The van der Waals surface area contributed by atoms with Gasteiger partial charge >= 0.3 is 0 Å². The van der Waals surface area contributed by atoms with Crippen LogP contribution in [0.25, 0.3) is 0 Å². The number of benzene rings is 5. The number of nitrogens with one attached hydrogen (secondary N) is 1. The number of sulfonamides is 1. The van der Waals surface area contributed by atoms with Crippen molar-refractivity contribution in [2.45, 2.75) is 44.0 Å². The zero-order valence-electron chi connectivity index (χ0n) is 33.3. The van der Waals surface area contributed by atoms with Crippen LogP contribution in [0.4, 0.5) is 11.4 Å². The van der Waals surface area contributed by atoms with Gasteiger partial charge in [-0.25, -0.2) is 5.01 Å². The average Bonchev–Trinajstić information content (AvgIpc) is 3.23. The molecule has 0 aromatic heterocycles. The minimum Gasteiger partial charge on any atom is -0.493 e. The van der Waals surface area contributed by atoms with Crippen LogP contribution in [-0.4, -0.2) is 66.9 Å². The fourth-order valence-corrected chi connectivity index (χ4v) is 9.02. The zero-order valence-corrected chi connectivity index (χ0v) is 34.1. The molecule has 0 saturated heterocycles. The van der Waals surface area contributed by atoms with Crippen molar-refractivity contribution in [2.75, 3.05) is 53.0 Å². The number of nitrogens with zero attached hydrogens (tertiary/aromatic N) is 3. The summed E-state index contributed by atoms with van der Waals surface area (Å²) in [4.78, 5) is 10.8. The highest BCUT2D eigenvalue weighted by molar-refractivity contribution is 7.92. The third-order valence-corrected chi connectivity index (χ3v) is 12.2. The maximum Gasteiger partial charge on any atom is 0.277 e. The van der Waals surface area contributed by atoms with Gasteiger partial charge < -0.3 is 33.7 Å². The van der Waals surface area contributed by atoms with Crippen LogP contribution in [0, 0.1) is 17.0 Å². The molecule has 9 rings (SSSR count). The minimum atomic E-state index is -4.43. The summed E-state index contributed by atoms with van der Waals surface area (Å²) in [6.07, 6.45) is 2.63. The van der Waals surface area contributed by atoms with Crippen molar-refractivity contribution in [3.8, 4) is 46.0 Å². The second-order valence-corrected chi connectivity index (χ2v) is 15.7. The third-order valence-electron chi connectivity index (χ3n) is 10.5. The van der Waals surface area contributed by atoms with E-state index in [2.05, 4.69) is 5.32 Å². The summed E-state index contributed by atoms with van der Waals surface area (Å²) < 4.78 is 68.0. The molecule has 1 unspecified atom stereocenters. The Morgan fingerprint density at radius 3 is 2.14 bits per heavy atom. The van der Waals surface area contributed by atoms with Crippen LogP contribution < -0.4 is 38.2 Å². The van der Waals surface area contributed by atoms with Gasteiger partial charge in [0.15, 0.2) is 34.5 Å². The number of ether oxygens (including phenoxy) is 6. The Hall–Kier alpha value is -6.03. The Balaban J connectivity index is 1.47. The topological polar surface area (TPSA) is 151 Å². The number of methoxy groups -OCH3 is 4. The molecule has 0 amide bonds. The molecule has 58 heavy (non-hydrogen) atoms. The first-order valence-corrected chi connectivity index (χ1v) is 20.2. The quantitative estimate of drug-likeness (QED) is 0.110. The molecule has 4 heterocycles. The number of hydrogen-bond acceptors (Lipinski definition) is 12. The van der Waals surface area contributed by atoms with Crippen molar-refractivity contribution in [1.29, 1.82) is 0 Å². The number of non-ortho nitro benzene ring substituents is 1. The lowest BCUT2D eigenvalue weighted by atomic mass is 9.96. The number of anilines is 1.